The normalized spacial score (nSPS) is 8.58. The Morgan fingerprint density at radius 3 is 2.92 bits per heavy atom. The topological polar surface area (TPSA) is 68.0 Å². The standard InChI is InChI=1S/C8H7N3O/c1-2-8(12)11-6-3-4-7(9)10-5-6/h1,3-5H,(H2,9,10)(H,11,12). The molecule has 0 bridgehead atoms. The minimum atomic E-state index is -0.499. The van der Waals surface area contributed by atoms with Gasteiger partial charge in [-0.2, -0.15) is 0 Å². The van der Waals surface area contributed by atoms with E-state index in [-0.39, 0.29) is 0 Å². The van der Waals surface area contributed by atoms with Gasteiger partial charge in [-0.1, -0.05) is 0 Å². The predicted molar refractivity (Wildman–Crippen MR) is 46.1 cm³/mol. The third-order valence-corrected chi connectivity index (χ3v) is 1.18. The smallest absolute Gasteiger partial charge is 0.300 e. The van der Waals surface area contributed by atoms with Crippen molar-refractivity contribution >= 4 is 17.4 Å². The second kappa shape index (κ2) is 3.39. The maximum Gasteiger partial charge on any atom is 0.300 e. The number of carbonyl (C=O) groups excluding carboxylic acids is 1. The number of nitrogens with two attached hydrogens (primary N) is 1. The largest absolute Gasteiger partial charge is 0.384 e. The summed E-state index contributed by atoms with van der Waals surface area (Å²) in [6.07, 6.45) is 6.28. The zero-order chi connectivity index (χ0) is 8.97. The van der Waals surface area contributed by atoms with E-state index in [1.165, 1.54) is 6.20 Å². The summed E-state index contributed by atoms with van der Waals surface area (Å²) in [6.45, 7) is 0. The summed E-state index contributed by atoms with van der Waals surface area (Å²) in [7, 11) is 0. The third-order valence-electron chi connectivity index (χ3n) is 1.18. The van der Waals surface area contributed by atoms with Gasteiger partial charge in [-0.15, -0.1) is 6.42 Å². The highest BCUT2D eigenvalue weighted by Crippen LogP contribution is 2.05. The first-order chi connectivity index (χ1) is 5.72. The quantitative estimate of drug-likeness (QED) is 0.579. The second-order valence-corrected chi connectivity index (χ2v) is 2.07. The first-order valence-corrected chi connectivity index (χ1v) is 3.21. The zero-order valence-corrected chi connectivity index (χ0v) is 6.24. The molecule has 60 valence electrons. The number of amides is 1. The molecular weight excluding hydrogens is 154 g/mol. The van der Waals surface area contributed by atoms with Gasteiger partial charge in [-0.25, -0.2) is 4.98 Å². The fraction of sp³-hybridized carbons (Fsp3) is 0. The molecule has 0 aliphatic rings. The van der Waals surface area contributed by atoms with Crippen LogP contribution in [0, 0.1) is 12.3 Å². The van der Waals surface area contributed by atoms with Gasteiger partial charge in [0, 0.05) is 0 Å². The van der Waals surface area contributed by atoms with E-state index >= 15 is 0 Å². The molecule has 0 spiro atoms. The molecule has 0 fully saturated rings. The summed E-state index contributed by atoms with van der Waals surface area (Å²) in [4.78, 5) is 14.4. The van der Waals surface area contributed by atoms with Crippen molar-refractivity contribution in [1.29, 1.82) is 0 Å². The number of nitrogens with zero attached hydrogens (tertiary/aromatic N) is 1. The predicted octanol–water partition coefficient (Wildman–Crippen LogP) is 0.236. The number of carbonyl (C=O) groups is 1. The van der Waals surface area contributed by atoms with Crippen LogP contribution in [-0.2, 0) is 4.79 Å². The van der Waals surface area contributed by atoms with E-state index in [2.05, 4.69) is 10.3 Å². The van der Waals surface area contributed by atoms with Crippen LogP contribution in [0.1, 0.15) is 0 Å². The molecule has 1 aromatic heterocycles. The van der Waals surface area contributed by atoms with Crippen LogP contribution in [0.5, 0.6) is 0 Å². The molecule has 4 nitrogen and oxygen atoms in total. The molecule has 1 rings (SSSR count). The Bertz CT molecular complexity index is 323. The maximum atomic E-state index is 10.7. The van der Waals surface area contributed by atoms with Crippen molar-refractivity contribution in [1.82, 2.24) is 4.98 Å². The van der Waals surface area contributed by atoms with Crippen molar-refractivity contribution in [2.45, 2.75) is 0 Å². The van der Waals surface area contributed by atoms with E-state index < -0.39 is 5.91 Å². The van der Waals surface area contributed by atoms with E-state index in [4.69, 9.17) is 12.2 Å². The van der Waals surface area contributed by atoms with E-state index in [1.54, 1.807) is 12.1 Å². The van der Waals surface area contributed by atoms with Gasteiger partial charge < -0.3 is 11.1 Å². The molecule has 0 aliphatic heterocycles. The lowest BCUT2D eigenvalue weighted by Gasteiger charge is -1.99. The zero-order valence-electron chi connectivity index (χ0n) is 6.24. The molecule has 0 aliphatic carbocycles. The molecule has 3 N–H and O–H groups in total. The molecule has 0 aromatic carbocycles. The lowest BCUT2D eigenvalue weighted by molar-refractivity contribution is -0.111. The summed E-state index contributed by atoms with van der Waals surface area (Å²) in [5, 5.41) is 2.43. The molecule has 0 unspecified atom stereocenters. The van der Waals surface area contributed by atoms with Crippen molar-refractivity contribution in [3.05, 3.63) is 18.3 Å². The molecule has 1 amide bonds. The molecule has 0 atom stereocenters. The van der Waals surface area contributed by atoms with Crippen LogP contribution < -0.4 is 11.1 Å². The van der Waals surface area contributed by atoms with Crippen molar-refractivity contribution < 1.29 is 4.79 Å². The van der Waals surface area contributed by atoms with Crippen molar-refractivity contribution in [3.8, 4) is 12.3 Å². The Labute approximate surface area is 69.8 Å². The Balaban J connectivity index is 2.73. The van der Waals surface area contributed by atoms with E-state index in [9.17, 15) is 4.79 Å². The first kappa shape index (κ1) is 8.08. The van der Waals surface area contributed by atoms with Gasteiger partial charge in [0.25, 0.3) is 5.91 Å². The number of pyridine rings is 1. The van der Waals surface area contributed by atoms with Gasteiger partial charge in [-0.05, 0) is 18.1 Å². The average Bonchev–Trinajstić information content (AvgIpc) is 2.09. The monoisotopic (exact) mass is 161 g/mol. The Morgan fingerprint density at radius 1 is 1.67 bits per heavy atom. The molecule has 12 heavy (non-hydrogen) atoms. The number of hydrogen-bond donors (Lipinski definition) is 2. The third kappa shape index (κ3) is 1.99. The van der Waals surface area contributed by atoms with Crippen LogP contribution in [0.2, 0.25) is 0 Å². The summed E-state index contributed by atoms with van der Waals surface area (Å²) in [5.74, 6) is 1.82. The summed E-state index contributed by atoms with van der Waals surface area (Å²) in [5.41, 5.74) is 5.86. The number of rotatable bonds is 1. The van der Waals surface area contributed by atoms with Crippen LogP contribution in [0.15, 0.2) is 18.3 Å². The van der Waals surface area contributed by atoms with Crippen molar-refractivity contribution in [3.63, 3.8) is 0 Å². The van der Waals surface area contributed by atoms with Gasteiger partial charge >= 0.3 is 0 Å². The lowest BCUT2D eigenvalue weighted by atomic mass is 10.4. The average molecular weight is 161 g/mol. The molecule has 4 heteroatoms. The summed E-state index contributed by atoms with van der Waals surface area (Å²) in [6, 6.07) is 3.20. The minimum Gasteiger partial charge on any atom is -0.384 e. The van der Waals surface area contributed by atoms with E-state index in [0.29, 0.717) is 11.5 Å². The van der Waals surface area contributed by atoms with E-state index in [1.807, 2.05) is 5.92 Å². The molecular formula is C8H7N3O. The first-order valence-electron chi connectivity index (χ1n) is 3.21. The second-order valence-electron chi connectivity index (χ2n) is 2.07. The number of nitrogen functional groups attached to an aromatic ring is 1. The Hall–Kier alpha value is -2.02. The van der Waals surface area contributed by atoms with Gasteiger partial charge in [-0.3, -0.25) is 4.79 Å². The van der Waals surface area contributed by atoms with E-state index in [0.717, 1.165) is 0 Å². The fourth-order valence-electron chi connectivity index (χ4n) is 0.646. The van der Waals surface area contributed by atoms with Gasteiger partial charge in [0.2, 0.25) is 0 Å². The van der Waals surface area contributed by atoms with Crippen molar-refractivity contribution in [2.24, 2.45) is 0 Å². The van der Waals surface area contributed by atoms with Crippen LogP contribution in [0.25, 0.3) is 0 Å². The number of anilines is 2. The number of hydrogen-bond acceptors (Lipinski definition) is 3. The number of nitrogens with one attached hydrogen (secondary N) is 1. The lowest BCUT2D eigenvalue weighted by Crippen LogP contribution is -2.08. The molecule has 1 aromatic rings. The van der Waals surface area contributed by atoms with Crippen LogP contribution >= 0.6 is 0 Å². The molecule has 0 saturated heterocycles. The van der Waals surface area contributed by atoms with Gasteiger partial charge in [0.1, 0.15) is 5.82 Å². The van der Waals surface area contributed by atoms with Gasteiger partial charge in [0.15, 0.2) is 0 Å². The van der Waals surface area contributed by atoms with Crippen molar-refractivity contribution in [2.75, 3.05) is 11.1 Å². The maximum absolute atomic E-state index is 10.7. The van der Waals surface area contributed by atoms with Crippen LogP contribution in [0.3, 0.4) is 0 Å². The highest BCUT2D eigenvalue weighted by molar-refractivity contribution is 6.03. The molecule has 1 heterocycles. The highest BCUT2D eigenvalue weighted by atomic mass is 16.1. The molecule has 0 saturated carbocycles. The Kier molecular flexibility index (Phi) is 2.29. The van der Waals surface area contributed by atoms with Crippen LogP contribution in [0.4, 0.5) is 11.5 Å². The fourth-order valence-corrected chi connectivity index (χ4v) is 0.646. The SMILES string of the molecule is C#CC(=O)Nc1ccc(N)nc1. The number of terminal acetylenes is 1. The summed E-state index contributed by atoms with van der Waals surface area (Å²) < 4.78 is 0. The van der Waals surface area contributed by atoms with Gasteiger partial charge in [0.05, 0.1) is 11.9 Å². The molecule has 0 radical (unpaired) electrons. The number of aromatic nitrogens is 1. The minimum absolute atomic E-state index is 0.397. The highest BCUT2D eigenvalue weighted by Gasteiger charge is 1.96. The summed E-state index contributed by atoms with van der Waals surface area (Å²) >= 11 is 0. The Morgan fingerprint density at radius 2 is 2.42 bits per heavy atom. The van der Waals surface area contributed by atoms with Crippen LogP contribution in [-0.4, -0.2) is 10.9 Å².